The Labute approximate surface area is 101 Å². The summed E-state index contributed by atoms with van der Waals surface area (Å²) in [6.45, 7) is 0. The minimum atomic E-state index is 0.635. The third-order valence-corrected chi connectivity index (χ3v) is 4.53. The number of aryl methyl sites for hydroxylation is 1. The molecule has 0 radical (unpaired) electrons. The molecule has 0 fully saturated rings. The fourth-order valence-corrected chi connectivity index (χ4v) is 3.54. The topological polar surface area (TPSA) is 0 Å². The maximum Gasteiger partial charge on any atom is 0.0347 e. The molecule has 2 aromatic rings. The van der Waals surface area contributed by atoms with Crippen LogP contribution >= 0.6 is 11.8 Å². The van der Waals surface area contributed by atoms with Crippen LogP contribution in [0, 0.1) is 0 Å². The van der Waals surface area contributed by atoms with E-state index in [1.54, 1.807) is 0 Å². The highest BCUT2D eigenvalue weighted by Crippen LogP contribution is 2.44. The van der Waals surface area contributed by atoms with Gasteiger partial charge in [0.05, 0.1) is 0 Å². The van der Waals surface area contributed by atoms with Gasteiger partial charge in [0.25, 0.3) is 0 Å². The summed E-state index contributed by atoms with van der Waals surface area (Å²) in [5.41, 5.74) is 2.97. The van der Waals surface area contributed by atoms with Crippen LogP contribution in [0.2, 0.25) is 0 Å². The molecule has 0 aliphatic carbocycles. The van der Waals surface area contributed by atoms with Crippen molar-refractivity contribution >= 4 is 11.8 Å². The second-order valence-corrected chi connectivity index (χ2v) is 5.41. The minimum absolute atomic E-state index is 0.635. The van der Waals surface area contributed by atoms with Gasteiger partial charge >= 0.3 is 0 Å². The molecule has 1 atom stereocenters. The molecule has 0 N–H and O–H groups in total. The van der Waals surface area contributed by atoms with Crippen LogP contribution in [0.25, 0.3) is 0 Å². The molecule has 16 heavy (non-hydrogen) atoms. The van der Waals surface area contributed by atoms with Crippen LogP contribution in [-0.4, -0.2) is 0 Å². The van der Waals surface area contributed by atoms with Gasteiger partial charge in [0.1, 0.15) is 0 Å². The van der Waals surface area contributed by atoms with E-state index in [2.05, 4.69) is 54.6 Å². The van der Waals surface area contributed by atoms with Crippen LogP contribution in [0.5, 0.6) is 0 Å². The second kappa shape index (κ2) is 4.34. The highest BCUT2D eigenvalue weighted by molar-refractivity contribution is 7.99. The van der Waals surface area contributed by atoms with Crippen molar-refractivity contribution in [3.8, 4) is 0 Å². The summed E-state index contributed by atoms with van der Waals surface area (Å²) >= 11 is 2.01. The molecule has 3 rings (SSSR count). The summed E-state index contributed by atoms with van der Waals surface area (Å²) in [6.07, 6.45) is 2.47. The van der Waals surface area contributed by atoms with Gasteiger partial charge in [-0.1, -0.05) is 48.5 Å². The Kier molecular flexibility index (Phi) is 2.71. The zero-order valence-electron chi connectivity index (χ0n) is 9.10. The van der Waals surface area contributed by atoms with Crippen molar-refractivity contribution in [2.75, 3.05) is 0 Å². The lowest BCUT2D eigenvalue weighted by Gasteiger charge is -2.24. The average molecular weight is 226 g/mol. The second-order valence-electron chi connectivity index (χ2n) is 4.16. The van der Waals surface area contributed by atoms with E-state index in [1.807, 2.05) is 11.8 Å². The zero-order chi connectivity index (χ0) is 10.8. The summed E-state index contributed by atoms with van der Waals surface area (Å²) in [4.78, 5) is 1.46. The first-order valence-corrected chi connectivity index (χ1v) is 6.61. The quantitative estimate of drug-likeness (QED) is 0.691. The first-order chi connectivity index (χ1) is 7.93. The van der Waals surface area contributed by atoms with Crippen LogP contribution in [0.1, 0.15) is 22.8 Å². The Hall–Kier alpha value is -1.21. The van der Waals surface area contributed by atoms with Gasteiger partial charge in [0.15, 0.2) is 0 Å². The van der Waals surface area contributed by atoms with Crippen LogP contribution < -0.4 is 0 Å². The van der Waals surface area contributed by atoms with Crippen LogP contribution in [0.4, 0.5) is 0 Å². The molecule has 1 aliphatic heterocycles. The molecule has 0 aromatic heterocycles. The van der Waals surface area contributed by atoms with E-state index >= 15 is 0 Å². The van der Waals surface area contributed by atoms with Crippen LogP contribution in [0.3, 0.4) is 0 Å². The zero-order valence-corrected chi connectivity index (χ0v) is 9.91. The molecule has 1 heteroatoms. The molecule has 0 bridgehead atoms. The Balaban J connectivity index is 1.89. The van der Waals surface area contributed by atoms with E-state index in [0.717, 1.165) is 0 Å². The van der Waals surface area contributed by atoms with Gasteiger partial charge < -0.3 is 0 Å². The first-order valence-electron chi connectivity index (χ1n) is 5.73. The molecule has 0 nitrogen and oxygen atoms in total. The van der Waals surface area contributed by atoms with Gasteiger partial charge in [-0.2, -0.15) is 0 Å². The van der Waals surface area contributed by atoms with E-state index in [0.29, 0.717) is 5.25 Å². The number of rotatable bonds is 1. The molecule has 2 aromatic carbocycles. The molecular weight excluding hydrogens is 212 g/mol. The van der Waals surface area contributed by atoms with E-state index in [9.17, 15) is 0 Å². The van der Waals surface area contributed by atoms with Gasteiger partial charge in [-0.25, -0.2) is 0 Å². The molecule has 0 amide bonds. The fraction of sp³-hybridized carbons (Fsp3) is 0.200. The average Bonchev–Trinajstić information content (AvgIpc) is 2.39. The maximum atomic E-state index is 2.25. The van der Waals surface area contributed by atoms with Crippen molar-refractivity contribution in [2.24, 2.45) is 0 Å². The van der Waals surface area contributed by atoms with Crippen molar-refractivity contribution in [3.63, 3.8) is 0 Å². The first kappa shape index (κ1) is 9.98. The largest absolute Gasteiger partial charge is 0.118 e. The number of hydrogen-bond acceptors (Lipinski definition) is 1. The number of thioether (sulfide) groups is 1. The van der Waals surface area contributed by atoms with E-state index in [-0.39, 0.29) is 0 Å². The molecule has 0 saturated heterocycles. The minimum Gasteiger partial charge on any atom is -0.118 e. The lowest BCUT2D eigenvalue weighted by atomic mass is 10.0. The van der Waals surface area contributed by atoms with Gasteiger partial charge in [0.2, 0.25) is 0 Å². The van der Waals surface area contributed by atoms with Crippen LogP contribution in [-0.2, 0) is 6.42 Å². The summed E-state index contributed by atoms with van der Waals surface area (Å²) < 4.78 is 0. The SMILES string of the molecule is c1ccc([C@H]2CCc3ccccc3S2)cc1. The summed E-state index contributed by atoms with van der Waals surface area (Å²) in [7, 11) is 0. The van der Waals surface area contributed by atoms with Gasteiger partial charge in [-0.05, 0) is 30.0 Å². The Morgan fingerprint density at radius 2 is 1.62 bits per heavy atom. The van der Waals surface area contributed by atoms with Crippen LogP contribution in [0.15, 0.2) is 59.5 Å². The van der Waals surface area contributed by atoms with E-state index in [4.69, 9.17) is 0 Å². The molecule has 1 heterocycles. The van der Waals surface area contributed by atoms with Crippen molar-refractivity contribution in [3.05, 3.63) is 65.7 Å². The fourth-order valence-electron chi connectivity index (χ4n) is 2.23. The van der Waals surface area contributed by atoms with Gasteiger partial charge in [-0.15, -0.1) is 11.8 Å². The van der Waals surface area contributed by atoms with Crippen molar-refractivity contribution in [1.82, 2.24) is 0 Å². The van der Waals surface area contributed by atoms with E-state index < -0.39 is 0 Å². The lowest BCUT2D eigenvalue weighted by Crippen LogP contribution is -2.03. The third-order valence-electron chi connectivity index (χ3n) is 3.09. The van der Waals surface area contributed by atoms with E-state index in [1.165, 1.54) is 28.9 Å². The van der Waals surface area contributed by atoms with Gasteiger partial charge in [0, 0.05) is 10.1 Å². The predicted molar refractivity (Wildman–Crippen MR) is 69.8 cm³/mol. The summed E-state index contributed by atoms with van der Waals surface area (Å²) in [5, 5.41) is 0.635. The Bertz CT molecular complexity index is 476. The maximum absolute atomic E-state index is 2.25. The molecule has 0 saturated carbocycles. The standard InChI is InChI=1S/C15H14S/c1-2-6-12(7-3-1)15-11-10-13-8-4-5-9-14(13)16-15/h1-9,15H,10-11H2/t15-/m1/s1. The van der Waals surface area contributed by atoms with Crippen molar-refractivity contribution in [1.29, 1.82) is 0 Å². The van der Waals surface area contributed by atoms with Gasteiger partial charge in [-0.3, -0.25) is 0 Å². The summed E-state index contributed by atoms with van der Waals surface area (Å²) in [6, 6.07) is 19.6. The monoisotopic (exact) mass is 226 g/mol. The number of fused-ring (bicyclic) bond motifs is 1. The number of hydrogen-bond donors (Lipinski definition) is 0. The molecule has 0 unspecified atom stereocenters. The molecule has 80 valence electrons. The Morgan fingerprint density at radius 3 is 2.50 bits per heavy atom. The predicted octanol–water partition coefficient (Wildman–Crippen LogP) is 4.47. The normalized spacial score (nSPS) is 19.1. The number of benzene rings is 2. The molecule has 1 aliphatic rings. The Morgan fingerprint density at radius 1 is 0.875 bits per heavy atom. The lowest BCUT2D eigenvalue weighted by molar-refractivity contribution is 0.772. The smallest absolute Gasteiger partial charge is 0.0347 e. The highest BCUT2D eigenvalue weighted by Gasteiger charge is 2.19. The molecular formula is C15H14S. The third kappa shape index (κ3) is 1.88. The summed E-state index contributed by atoms with van der Waals surface area (Å²) in [5.74, 6) is 0. The van der Waals surface area contributed by atoms with Crippen molar-refractivity contribution in [2.45, 2.75) is 23.0 Å². The molecule has 0 spiro atoms. The van der Waals surface area contributed by atoms with Crippen molar-refractivity contribution < 1.29 is 0 Å². The highest BCUT2D eigenvalue weighted by atomic mass is 32.2.